The zero-order valence-corrected chi connectivity index (χ0v) is 16.2. The number of carbonyl (C=O) groups excluding carboxylic acids is 1. The first-order chi connectivity index (χ1) is 13.3. The number of sulfonamides is 1. The molecule has 0 saturated carbocycles. The second kappa shape index (κ2) is 7.87. The summed E-state index contributed by atoms with van der Waals surface area (Å²) in [5.74, 6) is -0.248. The number of nitrogens with zero attached hydrogens (tertiary/aromatic N) is 1. The monoisotopic (exact) mass is 404 g/mol. The summed E-state index contributed by atoms with van der Waals surface area (Å²) in [6.45, 7) is 2.30. The molecule has 0 saturated heterocycles. The summed E-state index contributed by atoms with van der Waals surface area (Å²) in [7, 11) is -2.42. The number of benzene rings is 1. The maximum Gasteiger partial charge on any atom is 0.279 e. The van der Waals surface area contributed by atoms with Crippen molar-refractivity contribution >= 4 is 32.5 Å². The highest BCUT2D eigenvalue weighted by atomic mass is 32.2. The van der Waals surface area contributed by atoms with Crippen LogP contribution >= 0.6 is 0 Å². The number of ether oxygens (including phenoxy) is 2. The summed E-state index contributed by atoms with van der Waals surface area (Å²) in [6, 6.07) is 8.04. The van der Waals surface area contributed by atoms with Crippen molar-refractivity contribution in [3.63, 3.8) is 0 Å². The number of H-pyrrole nitrogens is 1. The number of hydrogen-bond acceptors (Lipinski definition) is 6. The van der Waals surface area contributed by atoms with Crippen molar-refractivity contribution in [1.82, 2.24) is 9.97 Å². The van der Waals surface area contributed by atoms with Gasteiger partial charge in [-0.05, 0) is 30.7 Å². The molecule has 2 heterocycles. The van der Waals surface area contributed by atoms with Crippen LogP contribution < -0.4 is 15.2 Å². The molecule has 0 unspecified atom stereocenters. The Labute approximate surface area is 161 Å². The molecule has 3 aromatic rings. The zero-order valence-electron chi connectivity index (χ0n) is 15.4. The summed E-state index contributed by atoms with van der Waals surface area (Å²) in [4.78, 5) is 18.3. The third kappa shape index (κ3) is 4.07. The smallest absolute Gasteiger partial charge is 0.279 e. The van der Waals surface area contributed by atoms with Crippen molar-refractivity contribution in [1.29, 1.82) is 0 Å². The minimum Gasteiger partial charge on any atom is -0.491 e. The number of amides is 1. The van der Waals surface area contributed by atoms with Crippen LogP contribution in [0.4, 0.5) is 5.69 Å². The van der Waals surface area contributed by atoms with Gasteiger partial charge in [-0.2, -0.15) is 8.42 Å². The maximum absolute atomic E-state index is 12.8. The highest BCUT2D eigenvalue weighted by molar-refractivity contribution is 7.92. The molecular weight excluding hydrogens is 384 g/mol. The lowest BCUT2D eigenvalue weighted by atomic mass is 10.2. The van der Waals surface area contributed by atoms with Gasteiger partial charge >= 0.3 is 0 Å². The number of nitrogens with two attached hydrogens (primary N) is 1. The normalized spacial score (nSPS) is 11.5. The van der Waals surface area contributed by atoms with Crippen LogP contribution in [0.15, 0.2) is 41.6 Å². The summed E-state index contributed by atoms with van der Waals surface area (Å²) in [6.07, 6.45) is 1.40. The highest BCUT2D eigenvalue weighted by Crippen LogP contribution is 2.31. The van der Waals surface area contributed by atoms with Crippen LogP contribution in [0.3, 0.4) is 0 Å². The van der Waals surface area contributed by atoms with Gasteiger partial charge in [-0.1, -0.05) is 6.07 Å². The number of rotatable bonds is 8. The lowest BCUT2D eigenvalue weighted by Gasteiger charge is -2.12. The number of aromatic amines is 1. The number of hydrogen-bond donors (Lipinski definition) is 3. The number of pyridine rings is 1. The molecule has 9 nitrogen and oxygen atoms in total. The molecule has 3 rings (SSSR count). The Morgan fingerprint density at radius 3 is 2.75 bits per heavy atom. The van der Waals surface area contributed by atoms with E-state index in [4.69, 9.17) is 15.2 Å². The van der Waals surface area contributed by atoms with E-state index >= 15 is 0 Å². The Morgan fingerprint density at radius 1 is 1.29 bits per heavy atom. The van der Waals surface area contributed by atoms with Crippen LogP contribution in [0.2, 0.25) is 0 Å². The third-order valence-electron chi connectivity index (χ3n) is 3.98. The van der Waals surface area contributed by atoms with Crippen LogP contribution in [0, 0.1) is 6.92 Å². The molecule has 2 aromatic heterocycles. The van der Waals surface area contributed by atoms with E-state index in [1.165, 1.54) is 18.3 Å². The van der Waals surface area contributed by atoms with Crippen LogP contribution in [0.1, 0.15) is 16.1 Å². The Morgan fingerprint density at radius 2 is 2.07 bits per heavy atom. The molecule has 0 aliphatic rings. The summed E-state index contributed by atoms with van der Waals surface area (Å²) < 4.78 is 38.8. The number of carbonyl (C=O) groups is 1. The number of fused-ring (bicyclic) bond motifs is 1. The maximum atomic E-state index is 12.8. The first-order valence-corrected chi connectivity index (χ1v) is 9.83. The molecular formula is C18H20N4O5S. The van der Waals surface area contributed by atoms with E-state index in [9.17, 15) is 13.2 Å². The zero-order chi connectivity index (χ0) is 20.3. The molecule has 0 fully saturated rings. The summed E-state index contributed by atoms with van der Waals surface area (Å²) in [5.41, 5.74) is 6.61. The molecule has 10 heteroatoms. The highest BCUT2D eigenvalue weighted by Gasteiger charge is 2.21. The molecule has 4 N–H and O–H groups in total. The fourth-order valence-electron chi connectivity index (χ4n) is 2.70. The van der Waals surface area contributed by atoms with E-state index in [1.54, 1.807) is 32.2 Å². The van der Waals surface area contributed by atoms with Crippen LogP contribution in [-0.2, 0) is 14.8 Å². The molecule has 0 bridgehead atoms. The molecule has 0 aliphatic heterocycles. The molecule has 0 spiro atoms. The minimum absolute atomic E-state index is 0.0875. The fourth-order valence-corrected chi connectivity index (χ4v) is 3.94. The largest absolute Gasteiger partial charge is 0.491 e. The van der Waals surface area contributed by atoms with Crippen LogP contribution in [0.5, 0.6) is 5.75 Å². The lowest BCUT2D eigenvalue weighted by Crippen LogP contribution is -2.16. The van der Waals surface area contributed by atoms with Crippen molar-refractivity contribution in [2.24, 2.45) is 5.73 Å². The van der Waals surface area contributed by atoms with Gasteiger partial charge in [0.25, 0.3) is 15.9 Å². The summed E-state index contributed by atoms with van der Waals surface area (Å²) >= 11 is 0. The predicted octanol–water partition coefficient (Wildman–Crippen LogP) is 1.80. The van der Waals surface area contributed by atoms with Crippen LogP contribution in [0.25, 0.3) is 10.9 Å². The van der Waals surface area contributed by atoms with Gasteiger partial charge in [0.05, 0.1) is 17.8 Å². The number of nitrogens with one attached hydrogen (secondary N) is 2. The minimum atomic E-state index is -3.97. The second-order valence-corrected chi connectivity index (χ2v) is 7.65. The van der Waals surface area contributed by atoms with Gasteiger partial charge in [0, 0.05) is 24.8 Å². The molecule has 148 valence electrons. The van der Waals surface area contributed by atoms with E-state index < -0.39 is 15.9 Å². The predicted molar refractivity (Wildman–Crippen MR) is 104 cm³/mol. The van der Waals surface area contributed by atoms with Crippen LogP contribution in [-0.4, -0.2) is 44.6 Å². The molecule has 0 aliphatic carbocycles. The Hall–Kier alpha value is -3.11. The quantitative estimate of drug-likeness (QED) is 0.490. The van der Waals surface area contributed by atoms with Crippen molar-refractivity contribution < 1.29 is 22.7 Å². The van der Waals surface area contributed by atoms with Gasteiger partial charge < -0.3 is 20.2 Å². The average molecular weight is 404 g/mol. The van der Waals surface area contributed by atoms with Gasteiger partial charge in [-0.3, -0.25) is 9.52 Å². The fraction of sp³-hybridized carbons (Fsp3) is 0.222. The standard InChI is InChI=1S/C18H20N4O5S/c1-11-4-3-5-20-18(11)28(24,25)22-14-10-13(27-7-6-26-2)8-12-9-15(17(19)23)21-16(12)14/h3-5,8-10,21-22H,6-7H2,1-2H3,(H2,19,23). The molecule has 28 heavy (non-hydrogen) atoms. The van der Waals surface area contributed by atoms with Crippen molar-refractivity contribution in [2.75, 3.05) is 25.0 Å². The van der Waals surface area contributed by atoms with Gasteiger partial charge in [-0.15, -0.1) is 0 Å². The number of primary amides is 1. The molecule has 0 radical (unpaired) electrons. The Balaban J connectivity index is 2.07. The Kier molecular flexibility index (Phi) is 5.52. The third-order valence-corrected chi connectivity index (χ3v) is 5.41. The van der Waals surface area contributed by atoms with Gasteiger partial charge in [0.2, 0.25) is 0 Å². The van der Waals surface area contributed by atoms with Gasteiger partial charge in [0.15, 0.2) is 5.03 Å². The van der Waals surface area contributed by atoms with E-state index in [-0.39, 0.29) is 23.0 Å². The molecule has 1 aromatic carbocycles. The van der Waals surface area contributed by atoms with E-state index in [0.29, 0.717) is 28.8 Å². The van der Waals surface area contributed by atoms with Crippen molar-refractivity contribution in [3.05, 3.63) is 47.8 Å². The number of aromatic nitrogens is 2. The van der Waals surface area contributed by atoms with E-state index in [1.807, 2.05) is 0 Å². The van der Waals surface area contributed by atoms with E-state index in [0.717, 1.165) is 0 Å². The van der Waals surface area contributed by atoms with Gasteiger partial charge in [0.1, 0.15) is 18.1 Å². The molecule has 0 atom stereocenters. The lowest BCUT2D eigenvalue weighted by molar-refractivity contribution is 0.0996. The SMILES string of the molecule is COCCOc1cc(NS(=O)(=O)c2ncccc2C)c2[nH]c(C(N)=O)cc2c1. The summed E-state index contributed by atoms with van der Waals surface area (Å²) in [5, 5.41) is 0.481. The van der Waals surface area contributed by atoms with E-state index in [2.05, 4.69) is 14.7 Å². The number of aryl methyl sites for hydroxylation is 1. The Bertz CT molecular complexity index is 1120. The first kappa shape index (κ1) is 19.6. The van der Waals surface area contributed by atoms with Gasteiger partial charge in [-0.25, -0.2) is 4.98 Å². The average Bonchev–Trinajstić information content (AvgIpc) is 3.07. The van der Waals surface area contributed by atoms with Crippen molar-refractivity contribution in [2.45, 2.75) is 11.9 Å². The topological polar surface area (TPSA) is 136 Å². The molecule has 1 amide bonds. The number of methoxy groups -OCH3 is 1. The first-order valence-electron chi connectivity index (χ1n) is 8.34. The number of anilines is 1. The van der Waals surface area contributed by atoms with Crippen molar-refractivity contribution in [3.8, 4) is 5.75 Å². The second-order valence-electron chi connectivity index (χ2n) is 6.05.